The topological polar surface area (TPSA) is 41.6 Å². The Balaban J connectivity index is 2.80. The molecule has 1 heterocycles. The minimum absolute atomic E-state index is 0.134. The highest BCUT2D eigenvalue weighted by Crippen LogP contribution is 2.24. The number of nitrogens with one attached hydrogen (secondary N) is 1. The number of piperazine rings is 1. The first-order valence-electron chi connectivity index (χ1n) is 5.37. The SMILES string of the molecule is COCCN1C(=O)C(C)(C)NCC1(C)C. The number of amides is 1. The molecule has 0 spiro atoms. The largest absolute Gasteiger partial charge is 0.383 e. The minimum atomic E-state index is -0.455. The van der Waals surface area contributed by atoms with Crippen molar-refractivity contribution in [2.45, 2.75) is 38.8 Å². The molecule has 1 aliphatic rings. The van der Waals surface area contributed by atoms with Crippen molar-refractivity contribution in [3.8, 4) is 0 Å². The first kappa shape index (κ1) is 12.5. The molecule has 0 atom stereocenters. The summed E-state index contributed by atoms with van der Waals surface area (Å²) in [6.07, 6.45) is 0. The molecule has 1 N–H and O–H groups in total. The molecule has 1 saturated heterocycles. The van der Waals surface area contributed by atoms with Crippen molar-refractivity contribution in [1.82, 2.24) is 10.2 Å². The van der Waals surface area contributed by atoms with Gasteiger partial charge in [0.2, 0.25) is 5.91 Å². The monoisotopic (exact) mass is 214 g/mol. The Labute approximate surface area is 92.0 Å². The zero-order valence-corrected chi connectivity index (χ0v) is 10.4. The van der Waals surface area contributed by atoms with Crippen molar-refractivity contribution in [2.24, 2.45) is 0 Å². The van der Waals surface area contributed by atoms with Crippen molar-refractivity contribution in [3.63, 3.8) is 0 Å². The lowest BCUT2D eigenvalue weighted by Crippen LogP contribution is -2.69. The Morgan fingerprint density at radius 3 is 2.53 bits per heavy atom. The van der Waals surface area contributed by atoms with Gasteiger partial charge in [0.15, 0.2) is 0 Å². The highest BCUT2D eigenvalue weighted by molar-refractivity contribution is 5.87. The first-order valence-corrected chi connectivity index (χ1v) is 5.37. The van der Waals surface area contributed by atoms with E-state index in [9.17, 15) is 4.79 Å². The van der Waals surface area contributed by atoms with E-state index in [0.29, 0.717) is 13.2 Å². The predicted molar refractivity (Wildman–Crippen MR) is 59.7 cm³/mol. The van der Waals surface area contributed by atoms with E-state index in [1.807, 2.05) is 18.7 Å². The molecular weight excluding hydrogens is 192 g/mol. The summed E-state index contributed by atoms with van der Waals surface area (Å²) in [5, 5.41) is 3.27. The summed E-state index contributed by atoms with van der Waals surface area (Å²) >= 11 is 0. The van der Waals surface area contributed by atoms with Gasteiger partial charge in [0.25, 0.3) is 0 Å². The van der Waals surface area contributed by atoms with Gasteiger partial charge in [0.1, 0.15) is 0 Å². The Bertz CT molecular complexity index is 249. The molecule has 1 fully saturated rings. The lowest BCUT2D eigenvalue weighted by Gasteiger charge is -2.48. The van der Waals surface area contributed by atoms with Crippen LogP contribution in [0.3, 0.4) is 0 Å². The van der Waals surface area contributed by atoms with E-state index in [-0.39, 0.29) is 11.4 Å². The van der Waals surface area contributed by atoms with Gasteiger partial charge >= 0.3 is 0 Å². The quantitative estimate of drug-likeness (QED) is 0.749. The van der Waals surface area contributed by atoms with Gasteiger partial charge in [-0.1, -0.05) is 0 Å². The third kappa shape index (κ3) is 2.49. The van der Waals surface area contributed by atoms with Crippen LogP contribution in [0.5, 0.6) is 0 Å². The van der Waals surface area contributed by atoms with Crippen LogP contribution >= 0.6 is 0 Å². The summed E-state index contributed by atoms with van der Waals surface area (Å²) in [4.78, 5) is 14.1. The molecular formula is C11H22N2O2. The number of nitrogens with zero attached hydrogens (tertiary/aromatic N) is 1. The van der Waals surface area contributed by atoms with E-state index in [1.54, 1.807) is 7.11 Å². The molecule has 4 nitrogen and oxygen atoms in total. The molecule has 1 amide bonds. The fourth-order valence-corrected chi connectivity index (χ4v) is 1.81. The standard InChI is InChI=1S/C11H22N2O2/c1-10(2)8-12-11(3,4)9(14)13(10)6-7-15-5/h12H,6-8H2,1-5H3. The fraction of sp³-hybridized carbons (Fsp3) is 0.909. The molecule has 0 aromatic heterocycles. The van der Waals surface area contributed by atoms with E-state index < -0.39 is 5.54 Å². The number of ether oxygens (including phenoxy) is 1. The third-order valence-corrected chi connectivity index (χ3v) is 2.99. The van der Waals surface area contributed by atoms with E-state index in [0.717, 1.165) is 6.54 Å². The number of carbonyl (C=O) groups excluding carboxylic acids is 1. The molecule has 88 valence electrons. The van der Waals surface area contributed by atoms with Gasteiger partial charge in [-0.25, -0.2) is 0 Å². The highest BCUT2D eigenvalue weighted by atomic mass is 16.5. The Hall–Kier alpha value is -0.610. The van der Waals surface area contributed by atoms with Crippen LogP contribution in [0.4, 0.5) is 0 Å². The average molecular weight is 214 g/mol. The van der Waals surface area contributed by atoms with Crippen molar-refractivity contribution in [2.75, 3.05) is 26.8 Å². The second kappa shape index (κ2) is 4.10. The Morgan fingerprint density at radius 2 is 2.00 bits per heavy atom. The minimum Gasteiger partial charge on any atom is -0.383 e. The van der Waals surface area contributed by atoms with Gasteiger partial charge in [0.05, 0.1) is 12.1 Å². The zero-order chi connectivity index (χ0) is 11.7. The van der Waals surface area contributed by atoms with E-state index in [4.69, 9.17) is 4.74 Å². The average Bonchev–Trinajstić information content (AvgIpc) is 2.13. The van der Waals surface area contributed by atoms with Crippen LogP contribution in [-0.2, 0) is 9.53 Å². The van der Waals surface area contributed by atoms with Crippen molar-refractivity contribution in [1.29, 1.82) is 0 Å². The Morgan fingerprint density at radius 1 is 1.40 bits per heavy atom. The molecule has 4 heteroatoms. The number of methoxy groups -OCH3 is 1. The van der Waals surface area contributed by atoms with Crippen LogP contribution in [0.1, 0.15) is 27.7 Å². The molecule has 1 rings (SSSR count). The second-order valence-corrected chi connectivity index (χ2v) is 5.24. The van der Waals surface area contributed by atoms with Crippen LogP contribution in [0, 0.1) is 0 Å². The van der Waals surface area contributed by atoms with Gasteiger partial charge in [0, 0.05) is 25.7 Å². The van der Waals surface area contributed by atoms with E-state index >= 15 is 0 Å². The molecule has 0 aliphatic carbocycles. The summed E-state index contributed by atoms with van der Waals surface area (Å²) < 4.78 is 5.04. The summed E-state index contributed by atoms with van der Waals surface area (Å²) in [5.41, 5.74) is -0.589. The van der Waals surface area contributed by atoms with E-state index in [2.05, 4.69) is 19.2 Å². The molecule has 15 heavy (non-hydrogen) atoms. The molecule has 0 bridgehead atoms. The van der Waals surface area contributed by atoms with Crippen LogP contribution in [0.15, 0.2) is 0 Å². The van der Waals surface area contributed by atoms with Crippen LogP contribution < -0.4 is 5.32 Å². The van der Waals surface area contributed by atoms with Crippen LogP contribution in [0.25, 0.3) is 0 Å². The molecule has 0 saturated carbocycles. The van der Waals surface area contributed by atoms with Gasteiger partial charge in [-0.2, -0.15) is 0 Å². The smallest absolute Gasteiger partial charge is 0.242 e. The van der Waals surface area contributed by atoms with Crippen LogP contribution in [-0.4, -0.2) is 48.7 Å². The maximum Gasteiger partial charge on any atom is 0.242 e. The summed E-state index contributed by atoms with van der Waals surface area (Å²) in [6, 6.07) is 0. The molecule has 0 unspecified atom stereocenters. The number of hydrogen-bond acceptors (Lipinski definition) is 3. The lowest BCUT2D eigenvalue weighted by atomic mass is 9.90. The number of carbonyl (C=O) groups is 1. The van der Waals surface area contributed by atoms with Gasteiger partial charge < -0.3 is 15.0 Å². The predicted octanol–water partition coefficient (Wildman–Crippen LogP) is 0.622. The van der Waals surface area contributed by atoms with Crippen molar-refractivity contribution >= 4 is 5.91 Å². The maximum absolute atomic E-state index is 12.2. The molecule has 0 radical (unpaired) electrons. The lowest BCUT2D eigenvalue weighted by molar-refractivity contribution is -0.148. The van der Waals surface area contributed by atoms with Crippen molar-refractivity contribution < 1.29 is 9.53 Å². The molecule has 0 aromatic rings. The van der Waals surface area contributed by atoms with Gasteiger partial charge in [-0.3, -0.25) is 4.79 Å². The summed E-state index contributed by atoms with van der Waals surface area (Å²) in [5.74, 6) is 0.149. The van der Waals surface area contributed by atoms with Gasteiger partial charge in [-0.15, -0.1) is 0 Å². The van der Waals surface area contributed by atoms with Crippen molar-refractivity contribution in [3.05, 3.63) is 0 Å². The fourth-order valence-electron chi connectivity index (χ4n) is 1.81. The summed E-state index contributed by atoms with van der Waals surface area (Å²) in [6.45, 7) is 10.1. The third-order valence-electron chi connectivity index (χ3n) is 2.99. The Kier molecular flexibility index (Phi) is 3.41. The molecule has 0 aromatic carbocycles. The summed E-state index contributed by atoms with van der Waals surface area (Å²) in [7, 11) is 1.66. The maximum atomic E-state index is 12.2. The molecule has 1 aliphatic heterocycles. The van der Waals surface area contributed by atoms with Gasteiger partial charge in [-0.05, 0) is 27.7 Å². The highest BCUT2D eigenvalue weighted by Gasteiger charge is 2.43. The van der Waals surface area contributed by atoms with Crippen LogP contribution in [0.2, 0.25) is 0 Å². The van der Waals surface area contributed by atoms with E-state index in [1.165, 1.54) is 0 Å². The number of hydrogen-bond donors (Lipinski definition) is 1. The number of rotatable bonds is 3. The second-order valence-electron chi connectivity index (χ2n) is 5.24. The zero-order valence-electron chi connectivity index (χ0n) is 10.4. The normalized spacial score (nSPS) is 24.3. The first-order chi connectivity index (χ1) is 6.81.